The molecule has 1 heterocycles. The lowest BCUT2D eigenvalue weighted by atomic mass is 9.83. The van der Waals surface area contributed by atoms with Crippen molar-refractivity contribution < 1.29 is 51.2 Å². The van der Waals surface area contributed by atoms with Crippen LogP contribution in [-0.4, -0.2) is 128 Å². The molecule has 1 N–H and O–H groups in total. The molecule has 1 aliphatic rings. The van der Waals surface area contributed by atoms with Gasteiger partial charge in [0.05, 0.1) is 41.6 Å². The minimum atomic E-state index is -4.33. The number of nitrogens with zero attached hydrogens (tertiary/aromatic N) is 3. The topological polar surface area (TPSA) is 177 Å². The van der Waals surface area contributed by atoms with Gasteiger partial charge < -0.3 is 28.9 Å². The molecule has 0 radical (unpaired) electrons. The first kappa shape index (κ1) is 57.9. The molecule has 380 valence electrons. The van der Waals surface area contributed by atoms with E-state index < -0.39 is 57.9 Å². The molecule has 0 spiro atoms. The number of allylic oxidation sites excluding steroid dienone is 1. The zero-order valence-corrected chi connectivity index (χ0v) is 44.0. The first-order valence-electron chi connectivity index (χ1n) is 24.2. The molecule has 0 aliphatic carbocycles. The number of Topliss-reactive ketones (excluding diaryl/α,β-unsaturated/α-hetero) is 2. The van der Waals surface area contributed by atoms with Crippen molar-refractivity contribution in [1.29, 1.82) is 0 Å². The second-order valence-electron chi connectivity index (χ2n) is 20.4. The molecule has 9 atom stereocenters. The summed E-state index contributed by atoms with van der Waals surface area (Å²) in [7, 11) is 2.05. The van der Waals surface area contributed by atoms with E-state index in [0.29, 0.717) is 31.4 Å². The molecule has 3 rings (SSSR count). The number of carbonyl (C=O) groups excluding carboxylic acids is 5. The highest BCUT2D eigenvalue weighted by Gasteiger charge is 2.44. The van der Waals surface area contributed by atoms with Crippen LogP contribution in [0.4, 0.5) is 4.79 Å². The number of methoxy groups -OCH3 is 2. The Hall–Kier alpha value is -4.44. The molecule has 14 nitrogen and oxygen atoms in total. The summed E-state index contributed by atoms with van der Waals surface area (Å²) in [6, 6.07) is 14.0. The molecule has 1 aliphatic heterocycles. The lowest BCUT2D eigenvalue weighted by Crippen LogP contribution is -2.54. The van der Waals surface area contributed by atoms with Crippen molar-refractivity contribution in [2.45, 2.75) is 155 Å². The predicted molar refractivity (Wildman–Crippen MR) is 265 cm³/mol. The third-order valence-corrected chi connectivity index (χ3v) is 14.4. The highest BCUT2D eigenvalue weighted by Crippen LogP contribution is 2.32. The molecule has 0 saturated carbocycles. The Morgan fingerprint density at radius 1 is 0.838 bits per heavy atom. The van der Waals surface area contributed by atoms with Gasteiger partial charge in [-0.1, -0.05) is 110 Å². The SMILES string of the molecule is CC[C@H](C)[C@@H]([C@@H](CC(=O)N1CCC[C@H]1[C@H](OC)[C@@H](C)C(=O)C[C@H](/C=C/c1ccc(S(=O)(=O)O)cc1)Cc1ccccc1)OC)N(C)C(=O)[C@@H](CC(=O)[C@H](C(C)C)N(C)C(=O)OC(C)(C)C)C(C)C. The standard InChI is InChI=1S/C53H81N3O11S/c1-15-36(6)49(54(11)51(60)42(34(2)3)32-45(58)48(35(4)5)55(12)52(61)67-53(8,9)10)46(65-13)33-47(59)56-29-19-22-43(56)50(66-14)37(7)44(57)31-40(30-39-20-17-16-18-21-39)24-23-38-25-27-41(28-26-38)68(62,63)64/h16-18,20-21,23-28,34-37,40,42-43,46,48-50H,15,19,22,29-33H2,1-14H3,(H,62,63,64)/b24-23+/t36-,37-,40+,42-,43-,46+,48-,49-,50+/m0/s1. The highest BCUT2D eigenvalue weighted by molar-refractivity contribution is 7.85. The largest absolute Gasteiger partial charge is 0.444 e. The third-order valence-electron chi connectivity index (χ3n) is 13.5. The van der Waals surface area contributed by atoms with Crippen molar-refractivity contribution in [1.82, 2.24) is 14.7 Å². The summed E-state index contributed by atoms with van der Waals surface area (Å²) in [5.41, 5.74) is 1.01. The Labute approximate surface area is 407 Å². The van der Waals surface area contributed by atoms with Gasteiger partial charge in [0, 0.05) is 59.5 Å². The van der Waals surface area contributed by atoms with Gasteiger partial charge in [0.25, 0.3) is 10.1 Å². The fraction of sp³-hybridized carbons (Fsp3) is 0.642. The lowest BCUT2D eigenvalue weighted by Gasteiger charge is -2.41. The number of hydrogen-bond donors (Lipinski definition) is 1. The first-order valence-corrected chi connectivity index (χ1v) is 25.6. The van der Waals surface area contributed by atoms with Gasteiger partial charge in [0.15, 0.2) is 5.78 Å². The van der Waals surface area contributed by atoms with E-state index in [0.717, 1.165) is 12.0 Å². The number of rotatable bonds is 25. The second-order valence-corrected chi connectivity index (χ2v) is 21.8. The van der Waals surface area contributed by atoms with Crippen LogP contribution < -0.4 is 0 Å². The van der Waals surface area contributed by atoms with Crippen LogP contribution in [0.1, 0.15) is 119 Å². The second kappa shape index (κ2) is 26.0. The summed E-state index contributed by atoms with van der Waals surface area (Å²) in [5.74, 6) is -2.68. The molecule has 1 fully saturated rings. The van der Waals surface area contributed by atoms with Gasteiger partial charge in [-0.05, 0) is 87.0 Å². The van der Waals surface area contributed by atoms with Crippen LogP contribution >= 0.6 is 0 Å². The minimum absolute atomic E-state index is 0.0189. The molecular formula is C53H81N3O11S. The van der Waals surface area contributed by atoms with Gasteiger partial charge in [0.2, 0.25) is 11.8 Å². The van der Waals surface area contributed by atoms with Gasteiger partial charge in [-0.2, -0.15) is 8.42 Å². The predicted octanol–water partition coefficient (Wildman–Crippen LogP) is 8.81. The number of ketones is 2. The van der Waals surface area contributed by atoms with E-state index >= 15 is 0 Å². The van der Waals surface area contributed by atoms with Crippen LogP contribution in [0.15, 0.2) is 65.6 Å². The molecule has 3 amide bonds. The maximum absolute atomic E-state index is 14.6. The Kier molecular flexibility index (Phi) is 22.1. The molecular weight excluding hydrogens is 887 g/mol. The number of likely N-dealkylation sites (tertiary alicyclic amines) is 1. The van der Waals surface area contributed by atoms with E-state index in [4.69, 9.17) is 14.2 Å². The number of carbonyl (C=O) groups is 5. The molecule has 68 heavy (non-hydrogen) atoms. The Bertz CT molecular complexity index is 2100. The molecule has 0 unspecified atom stereocenters. The van der Waals surface area contributed by atoms with Crippen molar-refractivity contribution in [2.75, 3.05) is 34.9 Å². The average molecular weight is 968 g/mol. The zero-order valence-electron chi connectivity index (χ0n) is 43.1. The van der Waals surface area contributed by atoms with Crippen LogP contribution in [-0.2, 0) is 49.9 Å². The van der Waals surface area contributed by atoms with E-state index in [1.807, 2.05) is 91.0 Å². The third kappa shape index (κ3) is 16.3. The Morgan fingerprint density at radius 3 is 1.97 bits per heavy atom. The first-order chi connectivity index (χ1) is 31.8. The monoisotopic (exact) mass is 968 g/mol. The maximum Gasteiger partial charge on any atom is 0.410 e. The van der Waals surface area contributed by atoms with Crippen molar-refractivity contribution in [3.8, 4) is 0 Å². The molecule has 1 saturated heterocycles. The van der Waals surface area contributed by atoms with Crippen LogP contribution in [0.2, 0.25) is 0 Å². The van der Waals surface area contributed by atoms with Crippen LogP contribution in [0.25, 0.3) is 6.08 Å². The fourth-order valence-electron chi connectivity index (χ4n) is 9.60. The molecule has 0 aromatic heterocycles. The van der Waals surface area contributed by atoms with E-state index in [-0.39, 0.29) is 77.3 Å². The van der Waals surface area contributed by atoms with Gasteiger partial charge in [-0.25, -0.2) is 4.79 Å². The molecule has 2 aromatic carbocycles. The summed E-state index contributed by atoms with van der Waals surface area (Å²) in [6.07, 6.45) is 4.63. The summed E-state index contributed by atoms with van der Waals surface area (Å²) >= 11 is 0. The van der Waals surface area contributed by atoms with E-state index in [1.54, 1.807) is 71.0 Å². The number of hydrogen-bond acceptors (Lipinski definition) is 10. The van der Waals surface area contributed by atoms with E-state index in [9.17, 15) is 36.9 Å². The number of likely N-dealkylation sites (N-methyl/N-ethyl adjacent to an activating group) is 2. The molecule has 15 heteroatoms. The Balaban J connectivity index is 1.83. The maximum atomic E-state index is 14.6. The van der Waals surface area contributed by atoms with Gasteiger partial charge in [-0.15, -0.1) is 0 Å². The van der Waals surface area contributed by atoms with Crippen LogP contribution in [0, 0.1) is 35.5 Å². The summed E-state index contributed by atoms with van der Waals surface area (Å²) in [4.78, 5) is 75.1. The highest BCUT2D eigenvalue weighted by atomic mass is 32.2. The van der Waals surface area contributed by atoms with Crippen molar-refractivity contribution in [3.05, 3.63) is 71.8 Å². The summed E-state index contributed by atoms with van der Waals surface area (Å²) in [6.45, 7) is 19.2. The minimum Gasteiger partial charge on any atom is -0.444 e. The molecule has 2 aromatic rings. The normalized spacial score (nSPS) is 18.1. The van der Waals surface area contributed by atoms with E-state index in [1.165, 1.54) is 17.0 Å². The quantitative estimate of drug-likeness (QED) is 0.0941. The summed E-state index contributed by atoms with van der Waals surface area (Å²) < 4.78 is 50.3. The zero-order chi connectivity index (χ0) is 51.3. The summed E-state index contributed by atoms with van der Waals surface area (Å²) in [5, 5.41) is 0. The van der Waals surface area contributed by atoms with Gasteiger partial charge in [0.1, 0.15) is 11.4 Å². The number of amides is 3. The van der Waals surface area contributed by atoms with Crippen LogP contribution in [0.5, 0.6) is 0 Å². The smallest absolute Gasteiger partial charge is 0.410 e. The van der Waals surface area contributed by atoms with Crippen molar-refractivity contribution >= 4 is 45.7 Å². The van der Waals surface area contributed by atoms with Gasteiger partial charge in [-0.3, -0.25) is 23.7 Å². The fourth-order valence-corrected chi connectivity index (χ4v) is 10.1. The van der Waals surface area contributed by atoms with Gasteiger partial charge >= 0.3 is 6.09 Å². The number of benzene rings is 2. The van der Waals surface area contributed by atoms with E-state index in [2.05, 4.69) is 0 Å². The number of ether oxygens (including phenoxy) is 3. The lowest BCUT2D eigenvalue weighted by molar-refractivity contribution is -0.149. The average Bonchev–Trinajstić information content (AvgIpc) is 3.76. The van der Waals surface area contributed by atoms with Crippen molar-refractivity contribution in [3.63, 3.8) is 0 Å². The molecule has 0 bridgehead atoms. The Morgan fingerprint density at radius 2 is 1.46 bits per heavy atom. The van der Waals surface area contributed by atoms with Crippen LogP contribution in [0.3, 0.4) is 0 Å². The van der Waals surface area contributed by atoms with Crippen molar-refractivity contribution in [2.24, 2.45) is 35.5 Å².